The minimum atomic E-state index is 0.603. The molecule has 0 saturated carbocycles. The van der Waals surface area contributed by atoms with Crippen molar-refractivity contribution in [3.05, 3.63) is 29.1 Å². The lowest BCUT2D eigenvalue weighted by Crippen LogP contribution is -2.19. The fourth-order valence-electron chi connectivity index (χ4n) is 2.10. The maximum Gasteiger partial charge on any atom is 0.227 e. The lowest BCUT2D eigenvalue weighted by molar-refractivity contribution is -0.109. The number of thiazole rings is 1. The van der Waals surface area contributed by atoms with Crippen molar-refractivity contribution in [1.29, 1.82) is 0 Å². The highest BCUT2D eigenvalue weighted by molar-refractivity contribution is 7.16. The van der Waals surface area contributed by atoms with Crippen LogP contribution in [0.1, 0.15) is 32.6 Å². The predicted octanol–water partition coefficient (Wildman–Crippen LogP) is 2.84. The maximum atomic E-state index is 10.4. The summed E-state index contributed by atoms with van der Waals surface area (Å²) in [5, 5.41) is 4.12. The van der Waals surface area contributed by atoms with E-state index in [1.807, 2.05) is 12.1 Å². The highest BCUT2D eigenvalue weighted by Gasteiger charge is 2.05. The minimum Gasteiger partial charge on any atom is -0.315 e. The predicted molar refractivity (Wildman–Crippen MR) is 78.7 cm³/mol. The van der Waals surface area contributed by atoms with Gasteiger partial charge in [0.05, 0.1) is 10.2 Å². The molecule has 1 aromatic heterocycles. The Morgan fingerprint density at radius 2 is 2.16 bits per heavy atom. The number of nitrogens with zero attached hydrogens (tertiary/aromatic N) is 2. The van der Waals surface area contributed by atoms with E-state index in [1.54, 1.807) is 11.3 Å². The summed E-state index contributed by atoms with van der Waals surface area (Å²) in [6.07, 6.45) is 5.48. The first-order valence-electron chi connectivity index (χ1n) is 6.68. The average molecular weight is 277 g/mol. The second-order valence-corrected chi connectivity index (χ2v) is 5.43. The summed E-state index contributed by atoms with van der Waals surface area (Å²) in [7, 11) is 0. The molecule has 0 fully saturated rings. The summed E-state index contributed by atoms with van der Waals surface area (Å²) >= 11 is 1.60. The molecule has 2 aromatic rings. The summed E-state index contributed by atoms with van der Waals surface area (Å²) in [6.45, 7) is 3.16. The monoisotopic (exact) mass is 277 g/mol. The average Bonchev–Trinajstić information content (AvgIpc) is 2.79. The number of hydrogen-bond donors (Lipinski definition) is 1. The van der Waals surface area contributed by atoms with Crippen molar-refractivity contribution in [2.75, 3.05) is 0 Å². The van der Waals surface area contributed by atoms with E-state index < -0.39 is 0 Å². The number of fused-ring (bicyclic) bond motifs is 1. The first kappa shape index (κ1) is 13.8. The van der Waals surface area contributed by atoms with E-state index in [0.717, 1.165) is 17.8 Å². The molecule has 1 aromatic carbocycles. The Balaban J connectivity index is 2.29. The van der Waals surface area contributed by atoms with Crippen molar-refractivity contribution in [2.45, 2.75) is 39.2 Å². The summed E-state index contributed by atoms with van der Waals surface area (Å²) in [5.41, 5.74) is 3.59. The molecule has 0 radical (unpaired) electrons. The van der Waals surface area contributed by atoms with E-state index in [-0.39, 0.29) is 0 Å². The number of amides is 1. The van der Waals surface area contributed by atoms with Gasteiger partial charge in [0, 0.05) is 6.54 Å². The van der Waals surface area contributed by atoms with Gasteiger partial charge in [-0.3, -0.25) is 4.79 Å². The lowest BCUT2D eigenvalue weighted by atomic mass is 10.2. The number of hydrogen-bond acceptors (Lipinski definition) is 3. The molecule has 19 heavy (non-hydrogen) atoms. The van der Waals surface area contributed by atoms with Crippen LogP contribution in [0, 0.1) is 0 Å². The molecule has 0 bridgehead atoms. The fourth-order valence-corrected chi connectivity index (χ4v) is 3.12. The van der Waals surface area contributed by atoms with Gasteiger partial charge in [0.15, 0.2) is 0 Å². The number of aryl methyl sites for hydroxylation is 1. The zero-order valence-corrected chi connectivity index (χ0v) is 11.9. The van der Waals surface area contributed by atoms with Gasteiger partial charge in [0.25, 0.3) is 0 Å². The summed E-state index contributed by atoms with van der Waals surface area (Å²) in [4.78, 5) is 11.2. The number of benzene rings is 1. The fraction of sp³-hybridized carbons (Fsp3) is 0.429. The molecule has 0 saturated heterocycles. The van der Waals surface area contributed by atoms with Crippen LogP contribution in [0.25, 0.3) is 10.2 Å². The number of rotatable bonds is 7. The number of nitrogens with one attached hydrogen (secondary N) is 1. The van der Waals surface area contributed by atoms with Gasteiger partial charge in [-0.1, -0.05) is 49.7 Å². The summed E-state index contributed by atoms with van der Waals surface area (Å²) < 4.78 is 3.39. The quantitative estimate of drug-likeness (QED) is 0.472. The van der Waals surface area contributed by atoms with Crippen LogP contribution >= 0.6 is 11.3 Å². The molecule has 1 heterocycles. The van der Waals surface area contributed by atoms with Crippen LogP contribution in [0.2, 0.25) is 0 Å². The zero-order chi connectivity index (χ0) is 13.5. The largest absolute Gasteiger partial charge is 0.315 e. The first-order valence-corrected chi connectivity index (χ1v) is 7.49. The smallest absolute Gasteiger partial charge is 0.227 e. The molecule has 0 atom stereocenters. The molecule has 0 spiro atoms. The SMILES string of the molecule is CCCCCCn1c(=NNC=O)sc2ccccc21. The zero-order valence-electron chi connectivity index (χ0n) is 11.1. The Kier molecular flexibility index (Phi) is 5.15. The molecule has 1 amide bonds. The van der Waals surface area contributed by atoms with Gasteiger partial charge < -0.3 is 4.57 Å². The van der Waals surface area contributed by atoms with E-state index in [9.17, 15) is 4.79 Å². The highest BCUT2D eigenvalue weighted by atomic mass is 32.1. The van der Waals surface area contributed by atoms with Gasteiger partial charge in [0.2, 0.25) is 11.2 Å². The van der Waals surface area contributed by atoms with E-state index in [1.165, 1.54) is 29.5 Å². The van der Waals surface area contributed by atoms with E-state index in [2.05, 4.69) is 34.2 Å². The topological polar surface area (TPSA) is 46.4 Å². The molecule has 4 nitrogen and oxygen atoms in total. The van der Waals surface area contributed by atoms with Gasteiger partial charge in [-0.25, -0.2) is 5.43 Å². The molecule has 2 rings (SSSR count). The molecule has 1 N–H and O–H groups in total. The lowest BCUT2D eigenvalue weighted by Gasteiger charge is -2.04. The molecule has 0 aliphatic carbocycles. The molecule has 0 unspecified atom stereocenters. The van der Waals surface area contributed by atoms with Crippen LogP contribution in [0.15, 0.2) is 29.4 Å². The van der Waals surface area contributed by atoms with Gasteiger partial charge >= 0.3 is 0 Å². The van der Waals surface area contributed by atoms with Gasteiger partial charge in [-0.15, -0.1) is 5.10 Å². The summed E-state index contributed by atoms with van der Waals surface area (Å²) in [6, 6.07) is 8.25. The van der Waals surface area contributed by atoms with Crippen molar-refractivity contribution in [2.24, 2.45) is 5.10 Å². The third-order valence-corrected chi connectivity index (χ3v) is 4.10. The molecular formula is C14H19N3OS. The second-order valence-electron chi connectivity index (χ2n) is 4.42. The van der Waals surface area contributed by atoms with Crippen molar-refractivity contribution >= 4 is 28.0 Å². The number of carbonyl (C=O) groups is 1. The molecular weight excluding hydrogens is 258 g/mol. The van der Waals surface area contributed by atoms with Crippen LogP contribution in [0.5, 0.6) is 0 Å². The molecule has 0 aliphatic heterocycles. The number of unbranched alkanes of at least 4 members (excludes halogenated alkanes) is 3. The van der Waals surface area contributed by atoms with Crippen molar-refractivity contribution < 1.29 is 4.79 Å². The standard InChI is InChI=1S/C14H19N3OS/c1-2-3-4-7-10-17-12-8-5-6-9-13(12)19-14(17)16-15-11-18/h5-6,8-9,11H,2-4,7,10H2,1H3,(H,15,18). The molecule has 5 heteroatoms. The van der Waals surface area contributed by atoms with E-state index >= 15 is 0 Å². The van der Waals surface area contributed by atoms with Gasteiger partial charge in [-0.2, -0.15) is 0 Å². The van der Waals surface area contributed by atoms with Crippen LogP contribution in [-0.4, -0.2) is 11.0 Å². The Labute approximate surface area is 116 Å². The van der Waals surface area contributed by atoms with Crippen LogP contribution in [-0.2, 0) is 11.3 Å². The van der Waals surface area contributed by atoms with Crippen molar-refractivity contribution in [3.8, 4) is 0 Å². The molecule has 102 valence electrons. The first-order chi connectivity index (χ1) is 9.36. The van der Waals surface area contributed by atoms with Gasteiger partial charge in [0.1, 0.15) is 0 Å². The van der Waals surface area contributed by atoms with Crippen molar-refractivity contribution in [1.82, 2.24) is 9.99 Å². The van der Waals surface area contributed by atoms with Crippen LogP contribution < -0.4 is 10.2 Å². The normalized spacial score (nSPS) is 11.9. The van der Waals surface area contributed by atoms with Crippen LogP contribution in [0.4, 0.5) is 0 Å². The van der Waals surface area contributed by atoms with Crippen molar-refractivity contribution in [3.63, 3.8) is 0 Å². The second kappa shape index (κ2) is 7.09. The molecule has 0 aliphatic rings. The Morgan fingerprint density at radius 3 is 2.95 bits per heavy atom. The Bertz CT molecular complexity index is 600. The van der Waals surface area contributed by atoms with E-state index in [4.69, 9.17) is 0 Å². The third-order valence-electron chi connectivity index (χ3n) is 3.04. The van der Waals surface area contributed by atoms with Crippen LogP contribution in [0.3, 0.4) is 0 Å². The van der Waals surface area contributed by atoms with Gasteiger partial charge in [-0.05, 0) is 18.6 Å². The highest BCUT2D eigenvalue weighted by Crippen LogP contribution is 2.17. The maximum absolute atomic E-state index is 10.4. The Morgan fingerprint density at radius 1 is 1.32 bits per heavy atom. The number of aromatic nitrogens is 1. The van der Waals surface area contributed by atoms with E-state index in [0.29, 0.717) is 6.41 Å². The third kappa shape index (κ3) is 3.44. The number of carbonyl (C=O) groups excluding carboxylic acids is 1. The minimum absolute atomic E-state index is 0.603. The Hall–Kier alpha value is -1.62. The summed E-state index contributed by atoms with van der Waals surface area (Å²) in [5.74, 6) is 0. The number of para-hydroxylation sites is 1.